The smallest absolute Gasteiger partial charge is 0.0839 e. The highest BCUT2D eigenvalue weighted by molar-refractivity contribution is 6.19. The van der Waals surface area contributed by atoms with Crippen molar-refractivity contribution >= 4 is 11.6 Å². The number of H-pyrrole nitrogens is 1. The van der Waals surface area contributed by atoms with Gasteiger partial charge in [0.15, 0.2) is 0 Å². The van der Waals surface area contributed by atoms with Crippen molar-refractivity contribution in [2.45, 2.75) is 6.92 Å². The Morgan fingerprint density at radius 1 is 1.80 bits per heavy atom. The van der Waals surface area contributed by atoms with Gasteiger partial charge >= 0.3 is 0 Å². The third kappa shape index (κ3) is 1.52. The van der Waals surface area contributed by atoms with E-state index >= 15 is 0 Å². The summed E-state index contributed by atoms with van der Waals surface area (Å²) in [5.41, 5.74) is 1.90. The molecule has 52 valence electrons. The number of hydrogen-bond acceptors (Lipinski definition) is 1. The SMILES string of the molecule is Cc1[nH]ncc1C#CCCl. The third-order valence-corrected chi connectivity index (χ3v) is 1.25. The van der Waals surface area contributed by atoms with E-state index in [1.807, 2.05) is 6.92 Å². The Hall–Kier alpha value is -0.940. The minimum atomic E-state index is 0.366. The summed E-state index contributed by atoms with van der Waals surface area (Å²) < 4.78 is 0. The molecule has 2 nitrogen and oxygen atoms in total. The highest BCUT2D eigenvalue weighted by Gasteiger charge is 1.92. The molecule has 1 rings (SSSR count). The highest BCUT2D eigenvalue weighted by atomic mass is 35.5. The molecule has 0 spiro atoms. The molecule has 0 atom stereocenters. The summed E-state index contributed by atoms with van der Waals surface area (Å²) in [5, 5.41) is 6.59. The molecular weight excluding hydrogens is 148 g/mol. The Morgan fingerprint density at radius 2 is 2.60 bits per heavy atom. The summed E-state index contributed by atoms with van der Waals surface area (Å²) in [6, 6.07) is 0. The minimum Gasteiger partial charge on any atom is -0.282 e. The molecule has 0 saturated heterocycles. The molecule has 1 N–H and O–H groups in total. The molecule has 0 aliphatic rings. The fourth-order valence-electron chi connectivity index (χ4n) is 0.605. The largest absolute Gasteiger partial charge is 0.282 e. The maximum absolute atomic E-state index is 5.37. The van der Waals surface area contributed by atoms with Gasteiger partial charge < -0.3 is 0 Å². The van der Waals surface area contributed by atoms with Crippen molar-refractivity contribution in [1.82, 2.24) is 10.2 Å². The maximum atomic E-state index is 5.37. The number of aromatic amines is 1. The lowest BCUT2D eigenvalue weighted by Gasteiger charge is -1.80. The first-order chi connectivity index (χ1) is 4.84. The van der Waals surface area contributed by atoms with Crippen molar-refractivity contribution in [3.05, 3.63) is 17.5 Å². The summed E-state index contributed by atoms with van der Waals surface area (Å²) in [6.45, 7) is 1.92. The van der Waals surface area contributed by atoms with Gasteiger partial charge in [-0.05, 0) is 6.92 Å². The molecule has 0 bridgehead atoms. The van der Waals surface area contributed by atoms with Crippen LogP contribution in [-0.2, 0) is 0 Å². The van der Waals surface area contributed by atoms with Crippen LogP contribution in [0.15, 0.2) is 6.20 Å². The summed E-state index contributed by atoms with van der Waals surface area (Å²) >= 11 is 5.37. The predicted molar refractivity (Wildman–Crippen MR) is 40.9 cm³/mol. The molecule has 0 radical (unpaired) electrons. The second-order valence-corrected chi connectivity index (χ2v) is 2.11. The van der Waals surface area contributed by atoms with E-state index in [2.05, 4.69) is 22.0 Å². The Kier molecular flexibility index (Phi) is 2.35. The summed E-state index contributed by atoms with van der Waals surface area (Å²) in [7, 11) is 0. The number of nitrogens with one attached hydrogen (secondary N) is 1. The van der Waals surface area contributed by atoms with E-state index < -0.39 is 0 Å². The lowest BCUT2D eigenvalue weighted by Crippen LogP contribution is -1.74. The average Bonchev–Trinajstić information content (AvgIpc) is 2.31. The Balaban J connectivity index is 2.84. The van der Waals surface area contributed by atoms with Crippen LogP contribution in [0, 0.1) is 18.8 Å². The van der Waals surface area contributed by atoms with Crippen LogP contribution in [0.2, 0.25) is 0 Å². The quantitative estimate of drug-likeness (QED) is 0.443. The van der Waals surface area contributed by atoms with Gasteiger partial charge in [0, 0.05) is 5.69 Å². The number of aromatic nitrogens is 2. The molecule has 0 aliphatic carbocycles. The first kappa shape index (κ1) is 7.17. The van der Waals surface area contributed by atoms with E-state index in [9.17, 15) is 0 Å². The van der Waals surface area contributed by atoms with Gasteiger partial charge in [-0.1, -0.05) is 11.8 Å². The van der Waals surface area contributed by atoms with Gasteiger partial charge in [-0.25, -0.2) is 0 Å². The second kappa shape index (κ2) is 3.28. The normalized spacial score (nSPS) is 8.60. The summed E-state index contributed by atoms with van der Waals surface area (Å²) in [6.07, 6.45) is 1.69. The van der Waals surface area contributed by atoms with Crippen LogP contribution in [0.25, 0.3) is 0 Å². The van der Waals surface area contributed by atoms with Gasteiger partial charge in [-0.3, -0.25) is 5.10 Å². The number of rotatable bonds is 0. The molecule has 1 aromatic rings. The highest BCUT2D eigenvalue weighted by Crippen LogP contribution is 1.98. The first-order valence-corrected chi connectivity index (χ1v) is 3.43. The van der Waals surface area contributed by atoms with Crippen molar-refractivity contribution in [3.8, 4) is 11.8 Å². The molecule has 0 fully saturated rings. The number of aryl methyl sites for hydroxylation is 1. The van der Waals surface area contributed by atoms with Crippen LogP contribution in [0.1, 0.15) is 11.3 Å². The van der Waals surface area contributed by atoms with Gasteiger partial charge in [0.05, 0.1) is 17.6 Å². The number of halogens is 1. The van der Waals surface area contributed by atoms with E-state index in [-0.39, 0.29) is 0 Å². The molecule has 0 aromatic carbocycles. The second-order valence-electron chi connectivity index (χ2n) is 1.84. The summed E-state index contributed by atoms with van der Waals surface area (Å²) in [5.74, 6) is 5.98. The van der Waals surface area contributed by atoms with Gasteiger partial charge in [0.2, 0.25) is 0 Å². The molecule has 0 aliphatic heterocycles. The number of nitrogens with zero attached hydrogens (tertiary/aromatic N) is 1. The number of alkyl halides is 1. The van der Waals surface area contributed by atoms with Crippen molar-refractivity contribution in [1.29, 1.82) is 0 Å². The molecule has 10 heavy (non-hydrogen) atoms. The topological polar surface area (TPSA) is 28.7 Å². The molecular formula is C7H7ClN2. The van der Waals surface area contributed by atoms with E-state index in [4.69, 9.17) is 11.6 Å². The first-order valence-electron chi connectivity index (χ1n) is 2.89. The van der Waals surface area contributed by atoms with Gasteiger partial charge in [-0.15, -0.1) is 11.6 Å². The van der Waals surface area contributed by atoms with Crippen LogP contribution >= 0.6 is 11.6 Å². The Labute approximate surface area is 64.6 Å². The zero-order valence-corrected chi connectivity index (χ0v) is 6.37. The van der Waals surface area contributed by atoms with E-state index in [0.29, 0.717) is 5.88 Å². The minimum absolute atomic E-state index is 0.366. The van der Waals surface area contributed by atoms with Crippen molar-refractivity contribution < 1.29 is 0 Å². The third-order valence-electron chi connectivity index (χ3n) is 1.12. The molecule has 0 unspecified atom stereocenters. The monoisotopic (exact) mass is 154 g/mol. The lowest BCUT2D eigenvalue weighted by atomic mass is 10.3. The van der Waals surface area contributed by atoms with Crippen LogP contribution < -0.4 is 0 Å². The van der Waals surface area contributed by atoms with Crippen LogP contribution in [0.5, 0.6) is 0 Å². The van der Waals surface area contributed by atoms with Gasteiger partial charge in [-0.2, -0.15) is 5.10 Å². The molecule has 0 saturated carbocycles. The summed E-state index contributed by atoms with van der Waals surface area (Å²) in [4.78, 5) is 0. The van der Waals surface area contributed by atoms with Crippen molar-refractivity contribution in [2.24, 2.45) is 0 Å². The Morgan fingerprint density at radius 3 is 3.10 bits per heavy atom. The predicted octanol–water partition coefficient (Wildman–Crippen LogP) is 1.31. The molecule has 0 amide bonds. The van der Waals surface area contributed by atoms with Gasteiger partial charge in [0.25, 0.3) is 0 Å². The molecule has 1 heterocycles. The van der Waals surface area contributed by atoms with Crippen LogP contribution in [0.3, 0.4) is 0 Å². The fraction of sp³-hybridized carbons (Fsp3) is 0.286. The zero-order chi connectivity index (χ0) is 7.40. The lowest BCUT2D eigenvalue weighted by molar-refractivity contribution is 1.05. The molecule has 3 heteroatoms. The van der Waals surface area contributed by atoms with E-state index in [1.165, 1.54) is 0 Å². The van der Waals surface area contributed by atoms with Crippen molar-refractivity contribution in [3.63, 3.8) is 0 Å². The van der Waals surface area contributed by atoms with Crippen molar-refractivity contribution in [2.75, 3.05) is 5.88 Å². The molecule has 1 aromatic heterocycles. The fourth-order valence-corrected chi connectivity index (χ4v) is 0.672. The van der Waals surface area contributed by atoms with E-state index in [0.717, 1.165) is 11.3 Å². The van der Waals surface area contributed by atoms with Crippen LogP contribution in [-0.4, -0.2) is 16.1 Å². The zero-order valence-electron chi connectivity index (χ0n) is 5.61. The standard InChI is InChI=1S/C7H7ClN2/c1-6-7(3-2-4-8)5-9-10-6/h5H,4H2,1H3,(H,9,10). The maximum Gasteiger partial charge on any atom is 0.0839 e. The van der Waals surface area contributed by atoms with Crippen LogP contribution in [0.4, 0.5) is 0 Å². The van der Waals surface area contributed by atoms with Gasteiger partial charge in [0.1, 0.15) is 0 Å². The number of hydrogen-bond donors (Lipinski definition) is 1. The van der Waals surface area contributed by atoms with E-state index in [1.54, 1.807) is 6.20 Å². The average molecular weight is 155 g/mol. The Bertz CT molecular complexity index is 267.